The van der Waals surface area contributed by atoms with E-state index < -0.39 is 40.0 Å². The Morgan fingerprint density at radius 3 is 1.71 bits per heavy atom. The predicted molar refractivity (Wildman–Crippen MR) is 142 cm³/mol. The molecule has 42 heavy (non-hydrogen) atoms. The Labute approximate surface area is 234 Å². The average Bonchev–Trinajstić information content (AvgIpc) is 3.53. The molecule has 0 saturated heterocycles. The van der Waals surface area contributed by atoms with E-state index in [-0.39, 0.29) is 56.1 Å². The van der Waals surface area contributed by atoms with Gasteiger partial charge in [-0.05, 0) is 55.5 Å². The molecule has 0 saturated carbocycles. The number of methoxy groups -OCH3 is 2. The molecule has 5 nitrogen and oxygen atoms in total. The van der Waals surface area contributed by atoms with Gasteiger partial charge in [0, 0.05) is 50.7 Å². The molecular weight excluding hydrogens is 564 g/mol. The quantitative estimate of drug-likeness (QED) is 0.193. The SMILES string of the molecule is COc1ccc2c(C3=C(c4c(-c5ccc(C#N)cc5)oc5cc(OC)ccc45)C(F)(F)C(F)(F)C3(F)F)c(C)oc2c1. The lowest BCUT2D eigenvalue weighted by molar-refractivity contribution is -0.254. The van der Waals surface area contributed by atoms with Crippen LogP contribution in [0.3, 0.4) is 0 Å². The number of hydrogen-bond acceptors (Lipinski definition) is 5. The second-order valence-corrected chi connectivity index (χ2v) is 9.73. The summed E-state index contributed by atoms with van der Waals surface area (Å²) >= 11 is 0. The number of hydrogen-bond donors (Lipinski definition) is 0. The van der Waals surface area contributed by atoms with E-state index in [4.69, 9.17) is 18.3 Å². The monoisotopic (exact) mass is 583 g/mol. The van der Waals surface area contributed by atoms with Crippen molar-refractivity contribution in [1.29, 1.82) is 5.26 Å². The fourth-order valence-corrected chi connectivity index (χ4v) is 5.38. The summed E-state index contributed by atoms with van der Waals surface area (Å²) in [7, 11) is 2.70. The van der Waals surface area contributed by atoms with Crippen LogP contribution in [0.25, 0.3) is 44.4 Å². The van der Waals surface area contributed by atoms with E-state index in [1.54, 1.807) is 0 Å². The molecule has 5 aromatic rings. The molecule has 0 atom stereocenters. The zero-order valence-corrected chi connectivity index (χ0v) is 22.1. The molecule has 0 fully saturated rings. The minimum absolute atomic E-state index is 0.0165. The smallest absolute Gasteiger partial charge is 0.380 e. The van der Waals surface area contributed by atoms with Gasteiger partial charge in [-0.2, -0.15) is 31.6 Å². The Kier molecular flexibility index (Phi) is 5.91. The van der Waals surface area contributed by atoms with Crippen LogP contribution in [-0.4, -0.2) is 32.0 Å². The summed E-state index contributed by atoms with van der Waals surface area (Å²) in [6.45, 7) is 1.23. The third-order valence-electron chi connectivity index (χ3n) is 7.41. The van der Waals surface area contributed by atoms with Crippen LogP contribution in [0.1, 0.15) is 22.5 Å². The first-order chi connectivity index (χ1) is 19.9. The molecule has 0 amide bonds. The van der Waals surface area contributed by atoms with Gasteiger partial charge in [0.25, 0.3) is 0 Å². The number of nitriles is 1. The highest BCUT2D eigenvalue weighted by Gasteiger charge is 2.81. The van der Waals surface area contributed by atoms with E-state index in [2.05, 4.69) is 0 Å². The number of halogens is 6. The molecule has 0 bridgehead atoms. The first-order valence-electron chi connectivity index (χ1n) is 12.4. The van der Waals surface area contributed by atoms with E-state index in [1.165, 1.54) is 81.8 Å². The van der Waals surface area contributed by atoms with Gasteiger partial charge in [-0.1, -0.05) is 0 Å². The van der Waals surface area contributed by atoms with Gasteiger partial charge in [0.2, 0.25) is 0 Å². The molecule has 0 spiro atoms. The number of aryl methyl sites for hydroxylation is 1. The normalized spacial score (nSPS) is 17.1. The van der Waals surface area contributed by atoms with Gasteiger partial charge in [-0.15, -0.1) is 0 Å². The number of fused-ring (bicyclic) bond motifs is 2. The molecule has 0 radical (unpaired) electrons. The standard InChI is InChI=1S/C31H19F6NO4/c1-15-24(20-10-8-18(39-2)12-22(20)41-15)26-27(30(34,35)31(36,37)29(26,32)33)25-21-11-9-19(40-3)13-23(21)42-28(25)17-6-4-16(14-38)5-7-17/h4-13H,1-3H3. The minimum Gasteiger partial charge on any atom is -0.497 e. The van der Waals surface area contributed by atoms with Crippen molar-refractivity contribution in [2.75, 3.05) is 14.2 Å². The second-order valence-electron chi connectivity index (χ2n) is 9.73. The Hall–Kier alpha value is -4.85. The Morgan fingerprint density at radius 2 is 1.19 bits per heavy atom. The van der Waals surface area contributed by atoms with Crippen LogP contribution in [0.5, 0.6) is 11.5 Å². The highest BCUT2D eigenvalue weighted by atomic mass is 19.3. The molecule has 3 aromatic carbocycles. The Bertz CT molecular complexity index is 1960. The van der Waals surface area contributed by atoms with Gasteiger partial charge in [-0.25, -0.2) is 0 Å². The maximum atomic E-state index is 16.0. The third kappa shape index (κ3) is 3.57. The first kappa shape index (κ1) is 27.3. The van der Waals surface area contributed by atoms with E-state index in [0.29, 0.717) is 0 Å². The van der Waals surface area contributed by atoms with Crippen LogP contribution in [0.15, 0.2) is 69.5 Å². The maximum absolute atomic E-state index is 16.0. The summed E-state index contributed by atoms with van der Waals surface area (Å²) in [4.78, 5) is 0. The minimum atomic E-state index is -5.81. The van der Waals surface area contributed by atoms with Gasteiger partial charge in [-0.3, -0.25) is 0 Å². The fourth-order valence-electron chi connectivity index (χ4n) is 5.38. The molecule has 2 heterocycles. The van der Waals surface area contributed by atoms with Crippen LogP contribution < -0.4 is 9.47 Å². The number of furan rings is 2. The molecule has 1 aliphatic carbocycles. The first-order valence-corrected chi connectivity index (χ1v) is 12.4. The highest BCUT2D eigenvalue weighted by Crippen LogP contribution is 2.67. The molecule has 2 aromatic heterocycles. The van der Waals surface area contributed by atoms with Crippen LogP contribution >= 0.6 is 0 Å². The summed E-state index contributed by atoms with van der Waals surface area (Å²) in [6.07, 6.45) is 0. The molecule has 0 N–H and O–H groups in total. The van der Waals surface area contributed by atoms with Crippen molar-refractivity contribution in [1.82, 2.24) is 0 Å². The Morgan fingerprint density at radius 1 is 0.690 bits per heavy atom. The van der Waals surface area contributed by atoms with Crippen molar-refractivity contribution in [2.45, 2.75) is 24.7 Å². The fraction of sp³-hybridized carbons (Fsp3) is 0.194. The predicted octanol–water partition coefficient (Wildman–Crippen LogP) is 8.87. The maximum Gasteiger partial charge on any atom is 0.380 e. The number of rotatable bonds is 5. The van der Waals surface area contributed by atoms with Gasteiger partial charge >= 0.3 is 17.8 Å². The van der Waals surface area contributed by atoms with Crippen molar-refractivity contribution in [2.24, 2.45) is 0 Å². The molecule has 0 unspecified atom stereocenters. The number of nitrogens with zero attached hydrogens (tertiary/aromatic N) is 1. The van der Waals surface area contributed by atoms with Gasteiger partial charge in [0.15, 0.2) is 0 Å². The van der Waals surface area contributed by atoms with Crippen molar-refractivity contribution < 1.29 is 44.7 Å². The topological polar surface area (TPSA) is 68.5 Å². The number of benzene rings is 3. The summed E-state index contributed by atoms with van der Waals surface area (Å²) in [5, 5.41) is 8.99. The Balaban J connectivity index is 1.79. The van der Waals surface area contributed by atoms with E-state index >= 15 is 26.3 Å². The van der Waals surface area contributed by atoms with Crippen LogP contribution in [0.2, 0.25) is 0 Å². The molecule has 6 rings (SSSR count). The molecule has 0 aliphatic heterocycles. The average molecular weight is 583 g/mol. The third-order valence-corrected chi connectivity index (χ3v) is 7.41. The number of allylic oxidation sites excluding steroid dienone is 2. The lowest BCUT2D eigenvalue weighted by Gasteiger charge is -2.25. The molecule has 214 valence electrons. The largest absolute Gasteiger partial charge is 0.497 e. The zero-order chi connectivity index (χ0) is 30.2. The van der Waals surface area contributed by atoms with Crippen molar-refractivity contribution >= 4 is 33.1 Å². The van der Waals surface area contributed by atoms with Gasteiger partial charge in [0.1, 0.15) is 34.2 Å². The van der Waals surface area contributed by atoms with Crippen LogP contribution in [0, 0.1) is 18.3 Å². The number of ether oxygens (including phenoxy) is 2. The second kappa shape index (κ2) is 9.08. The summed E-state index contributed by atoms with van der Waals surface area (Å²) in [5.74, 6) is -16.6. The highest BCUT2D eigenvalue weighted by molar-refractivity contribution is 6.13. The molecular formula is C31H19F6NO4. The number of alkyl halides is 6. The lowest BCUT2D eigenvalue weighted by atomic mass is 9.90. The molecule has 1 aliphatic rings. The van der Waals surface area contributed by atoms with Crippen LogP contribution in [0.4, 0.5) is 26.3 Å². The van der Waals surface area contributed by atoms with Gasteiger partial charge < -0.3 is 18.3 Å². The van der Waals surface area contributed by atoms with Crippen LogP contribution in [-0.2, 0) is 0 Å². The lowest BCUT2D eigenvalue weighted by Crippen LogP contribution is -2.48. The summed E-state index contributed by atoms with van der Waals surface area (Å²) in [6, 6.07) is 15.3. The van der Waals surface area contributed by atoms with Crippen molar-refractivity contribution in [3.05, 3.63) is 83.1 Å². The summed E-state index contributed by atoms with van der Waals surface area (Å²) < 4.78 is 116. The van der Waals surface area contributed by atoms with E-state index in [9.17, 15) is 5.26 Å². The van der Waals surface area contributed by atoms with E-state index in [0.717, 1.165) is 0 Å². The van der Waals surface area contributed by atoms with Crippen molar-refractivity contribution in [3.8, 4) is 28.9 Å². The van der Waals surface area contributed by atoms with Gasteiger partial charge in [0.05, 0.1) is 25.9 Å². The van der Waals surface area contributed by atoms with Crippen molar-refractivity contribution in [3.63, 3.8) is 0 Å². The van der Waals surface area contributed by atoms with E-state index in [1.807, 2.05) is 6.07 Å². The summed E-state index contributed by atoms with van der Waals surface area (Å²) in [5.41, 5.74) is -4.16. The molecule has 11 heteroatoms. The zero-order valence-electron chi connectivity index (χ0n) is 22.1.